The molecule has 0 amide bonds. The summed E-state index contributed by atoms with van der Waals surface area (Å²) in [4.78, 5) is 14.4. The molecule has 12 heavy (non-hydrogen) atoms. The summed E-state index contributed by atoms with van der Waals surface area (Å²) >= 11 is 5.85. The summed E-state index contributed by atoms with van der Waals surface area (Å²) < 4.78 is 1.65. The average Bonchev–Trinajstić information content (AvgIpc) is 2.49. The van der Waals surface area contributed by atoms with Crippen molar-refractivity contribution in [3.05, 3.63) is 35.4 Å². The van der Waals surface area contributed by atoms with E-state index in [0.29, 0.717) is 17.1 Å². The lowest BCUT2D eigenvalue weighted by atomic mass is 10.4. The maximum absolute atomic E-state index is 10.5. The van der Waals surface area contributed by atoms with Crippen LogP contribution in [0.5, 0.6) is 0 Å². The molecule has 60 valence electrons. The number of aldehydes is 1. The number of fused-ring (bicyclic) bond motifs is 1. The number of carbonyl (C=O) groups is 1. The van der Waals surface area contributed by atoms with Crippen molar-refractivity contribution in [2.24, 2.45) is 0 Å². The minimum atomic E-state index is 0.368. The van der Waals surface area contributed by atoms with Crippen LogP contribution in [-0.2, 0) is 0 Å². The Hall–Kier alpha value is -1.35. The van der Waals surface area contributed by atoms with Crippen LogP contribution in [0.4, 0.5) is 0 Å². The number of rotatable bonds is 1. The fraction of sp³-hybridized carbons (Fsp3) is 0. The van der Waals surface area contributed by atoms with Gasteiger partial charge in [0.05, 0.1) is 16.7 Å². The van der Waals surface area contributed by atoms with Gasteiger partial charge in [-0.3, -0.25) is 9.20 Å². The summed E-state index contributed by atoms with van der Waals surface area (Å²) in [6, 6.07) is 3.52. The van der Waals surface area contributed by atoms with E-state index in [1.165, 1.54) is 0 Å². The number of nitrogens with zero attached hydrogens (tertiary/aromatic N) is 2. The molecule has 2 aromatic rings. The molecule has 2 aromatic heterocycles. The van der Waals surface area contributed by atoms with Gasteiger partial charge in [-0.25, -0.2) is 4.98 Å². The molecule has 0 aromatic carbocycles. The molecule has 3 nitrogen and oxygen atoms in total. The molecule has 0 spiro atoms. The van der Waals surface area contributed by atoms with Crippen LogP contribution in [0.2, 0.25) is 5.02 Å². The van der Waals surface area contributed by atoms with Gasteiger partial charge in [0.1, 0.15) is 0 Å². The molecule has 0 aliphatic rings. The molecule has 0 bridgehead atoms. The van der Waals surface area contributed by atoms with Crippen molar-refractivity contribution >= 4 is 23.4 Å². The average molecular weight is 181 g/mol. The fourth-order valence-corrected chi connectivity index (χ4v) is 1.31. The maximum Gasteiger partial charge on any atom is 0.185 e. The second kappa shape index (κ2) is 2.60. The minimum Gasteiger partial charge on any atom is -0.296 e. The Morgan fingerprint density at radius 2 is 2.42 bits per heavy atom. The van der Waals surface area contributed by atoms with E-state index >= 15 is 0 Å². The largest absolute Gasteiger partial charge is 0.296 e. The number of hydrogen-bond donors (Lipinski definition) is 0. The highest BCUT2D eigenvalue weighted by Crippen LogP contribution is 2.16. The van der Waals surface area contributed by atoms with Crippen molar-refractivity contribution in [1.29, 1.82) is 0 Å². The molecule has 0 aliphatic heterocycles. The zero-order valence-electron chi connectivity index (χ0n) is 6.07. The summed E-state index contributed by atoms with van der Waals surface area (Å²) in [6.45, 7) is 0. The molecule has 0 saturated carbocycles. The zero-order valence-corrected chi connectivity index (χ0v) is 6.82. The van der Waals surface area contributed by atoms with Gasteiger partial charge in [0, 0.05) is 6.20 Å². The van der Waals surface area contributed by atoms with E-state index in [0.717, 1.165) is 5.52 Å². The smallest absolute Gasteiger partial charge is 0.185 e. The third kappa shape index (κ3) is 0.905. The summed E-state index contributed by atoms with van der Waals surface area (Å²) in [6.07, 6.45) is 4.02. The highest BCUT2D eigenvalue weighted by molar-refractivity contribution is 6.33. The first-order valence-electron chi connectivity index (χ1n) is 3.39. The molecule has 2 rings (SSSR count). The van der Waals surface area contributed by atoms with E-state index in [-0.39, 0.29) is 0 Å². The standard InChI is InChI=1S/C8H5ClN2O/c9-6-2-1-3-11-7(6)4-10-8(11)5-12/h1-5H. The number of hydrogen-bond acceptors (Lipinski definition) is 2. The predicted molar refractivity (Wildman–Crippen MR) is 45.6 cm³/mol. The number of carbonyl (C=O) groups excluding carboxylic acids is 1. The van der Waals surface area contributed by atoms with E-state index in [1.54, 1.807) is 28.9 Å². The molecule has 2 heterocycles. The van der Waals surface area contributed by atoms with Crippen molar-refractivity contribution in [2.45, 2.75) is 0 Å². The highest BCUT2D eigenvalue weighted by Gasteiger charge is 2.03. The Bertz CT molecular complexity index is 436. The van der Waals surface area contributed by atoms with Crippen molar-refractivity contribution in [1.82, 2.24) is 9.38 Å². The van der Waals surface area contributed by atoms with E-state index in [4.69, 9.17) is 11.6 Å². The number of imidazole rings is 1. The number of aromatic nitrogens is 2. The van der Waals surface area contributed by atoms with Gasteiger partial charge in [-0.2, -0.15) is 0 Å². The normalized spacial score (nSPS) is 10.4. The van der Waals surface area contributed by atoms with Crippen LogP contribution in [-0.4, -0.2) is 15.7 Å². The third-order valence-electron chi connectivity index (χ3n) is 1.65. The van der Waals surface area contributed by atoms with Crippen molar-refractivity contribution in [3.8, 4) is 0 Å². The minimum absolute atomic E-state index is 0.368. The van der Waals surface area contributed by atoms with Crippen LogP contribution in [0, 0.1) is 0 Å². The van der Waals surface area contributed by atoms with Gasteiger partial charge in [0.15, 0.2) is 12.1 Å². The Balaban J connectivity index is 2.88. The summed E-state index contributed by atoms with van der Waals surface area (Å²) in [5.41, 5.74) is 0.751. The van der Waals surface area contributed by atoms with Crippen LogP contribution >= 0.6 is 11.6 Å². The van der Waals surface area contributed by atoms with Crippen molar-refractivity contribution < 1.29 is 4.79 Å². The highest BCUT2D eigenvalue weighted by atomic mass is 35.5. The molecule has 0 radical (unpaired) electrons. The summed E-state index contributed by atoms with van der Waals surface area (Å²) in [5, 5.41) is 0.595. The predicted octanol–water partition coefficient (Wildman–Crippen LogP) is 1.80. The first-order valence-corrected chi connectivity index (χ1v) is 3.77. The molecule has 4 heteroatoms. The van der Waals surface area contributed by atoms with Gasteiger partial charge in [0.2, 0.25) is 0 Å². The molecule has 0 fully saturated rings. The third-order valence-corrected chi connectivity index (χ3v) is 1.97. The second-order valence-corrected chi connectivity index (χ2v) is 2.75. The lowest BCUT2D eigenvalue weighted by Gasteiger charge is -1.95. The van der Waals surface area contributed by atoms with Gasteiger partial charge in [-0.1, -0.05) is 11.6 Å². The van der Waals surface area contributed by atoms with Gasteiger partial charge in [-0.15, -0.1) is 0 Å². The van der Waals surface area contributed by atoms with E-state index in [9.17, 15) is 4.79 Å². The first kappa shape index (κ1) is 7.31. The van der Waals surface area contributed by atoms with Gasteiger partial charge in [0.25, 0.3) is 0 Å². The Labute approximate surface area is 73.6 Å². The molecule has 0 saturated heterocycles. The Morgan fingerprint density at radius 3 is 3.17 bits per heavy atom. The van der Waals surface area contributed by atoms with Crippen LogP contribution in [0.25, 0.3) is 5.52 Å². The topological polar surface area (TPSA) is 34.4 Å². The van der Waals surface area contributed by atoms with Gasteiger partial charge < -0.3 is 0 Å². The summed E-state index contributed by atoms with van der Waals surface area (Å²) in [5.74, 6) is 0.368. The van der Waals surface area contributed by atoms with Gasteiger partial charge in [-0.05, 0) is 12.1 Å². The maximum atomic E-state index is 10.5. The molecular formula is C8H5ClN2O. The quantitative estimate of drug-likeness (QED) is 0.628. The SMILES string of the molecule is O=Cc1ncc2c(Cl)cccn12. The lowest BCUT2D eigenvalue weighted by molar-refractivity contribution is 0.111. The molecule has 0 N–H and O–H groups in total. The van der Waals surface area contributed by atoms with Crippen LogP contribution in [0.3, 0.4) is 0 Å². The van der Waals surface area contributed by atoms with E-state index in [2.05, 4.69) is 4.98 Å². The monoisotopic (exact) mass is 180 g/mol. The van der Waals surface area contributed by atoms with Crippen molar-refractivity contribution in [2.75, 3.05) is 0 Å². The first-order chi connectivity index (χ1) is 5.83. The lowest BCUT2D eigenvalue weighted by Crippen LogP contribution is -1.90. The molecule has 0 aliphatic carbocycles. The van der Waals surface area contributed by atoms with Crippen LogP contribution in [0.1, 0.15) is 10.6 Å². The zero-order chi connectivity index (χ0) is 8.55. The number of halogens is 1. The Morgan fingerprint density at radius 1 is 1.58 bits per heavy atom. The van der Waals surface area contributed by atoms with Crippen LogP contribution < -0.4 is 0 Å². The fourth-order valence-electron chi connectivity index (χ4n) is 1.09. The van der Waals surface area contributed by atoms with E-state index < -0.39 is 0 Å². The van der Waals surface area contributed by atoms with Crippen molar-refractivity contribution in [3.63, 3.8) is 0 Å². The van der Waals surface area contributed by atoms with E-state index in [1.807, 2.05) is 0 Å². The van der Waals surface area contributed by atoms with Gasteiger partial charge >= 0.3 is 0 Å². The second-order valence-electron chi connectivity index (χ2n) is 2.35. The molecule has 0 atom stereocenters. The van der Waals surface area contributed by atoms with Crippen LogP contribution in [0.15, 0.2) is 24.5 Å². The molecule has 0 unspecified atom stereocenters. The number of pyridine rings is 1. The summed E-state index contributed by atoms with van der Waals surface area (Å²) in [7, 11) is 0. The molecular weight excluding hydrogens is 176 g/mol. The Kier molecular flexibility index (Phi) is 1.59.